The van der Waals surface area contributed by atoms with Crippen molar-refractivity contribution in [3.63, 3.8) is 0 Å². The third kappa shape index (κ3) is 3.21. The van der Waals surface area contributed by atoms with E-state index in [1.807, 2.05) is 9.80 Å². The van der Waals surface area contributed by atoms with E-state index in [2.05, 4.69) is 5.32 Å². The summed E-state index contributed by atoms with van der Waals surface area (Å²) >= 11 is 0. The van der Waals surface area contributed by atoms with Gasteiger partial charge in [0, 0.05) is 26.2 Å². The molecule has 0 aliphatic carbocycles. The van der Waals surface area contributed by atoms with Crippen LogP contribution in [0.15, 0.2) is 0 Å². The minimum Gasteiger partial charge on any atom is -0.378 e. The summed E-state index contributed by atoms with van der Waals surface area (Å²) in [6, 6.07) is -0.245. The largest absolute Gasteiger partial charge is 0.378 e. The second-order valence-corrected chi connectivity index (χ2v) is 6.17. The summed E-state index contributed by atoms with van der Waals surface area (Å²) in [5.41, 5.74) is 0. The van der Waals surface area contributed by atoms with Crippen molar-refractivity contribution in [1.82, 2.24) is 15.1 Å². The number of nitrogens with zero attached hydrogens (tertiary/aromatic N) is 2. The highest BCUT2D eigenvalue weighted by atomic mass is 16.5. The second kappa shape index (κ2) is 6.75. The van der Waals surface area contributed by atoms with Crippen molar-refractivity contribution in [2.75, 3.05) is 45.9 Å². The Morgan fingerprint density at radius 3 is 2.52 bits per heavy atom. The van der Waals surface area contributed by atoms with E-state index in [4.69, 9.17) is 4.74 Å². The van der Waals surface area contributed by atoms with Gasteiger partial charge in [0.05, 0.1) is 19.1 Å². The number of piperidine rings is 1. The van der Waals surface area contributed by atoms with Gasteiger partial charge in [0.15, 0.2) is 0 Å². The number of morpholine rings is 1. The zero-order valence-electron chi connectivity index (χ0n) is 12.6. The third-order valence-electron chi connectivity index (χ3n) is 4.80. The summed E-state index contributed by atoms with van der Waals surface area (Å²) in [4.78, 5) is 29.2. The van der Waals surface area contributed by atoms with Gasteiger partial charge in [-0.1, -0.05) is 0 Å². The van der Waals surface area contributed by atoms with Crippen LogP contribution in [0.5, 0.6) is 0 Å². The van der Waals surface area contributed by atoms with Crippen molar-refractivity contribution in [1.29, 1.82) is 0 Å². The molecule has 3 fully saturated rings. The van der Waals surface area contributed by atoms with Crippen molar-refractivity contribution >= 4 is 11.8 Å². The minimum absolute atomic E-state index is 0.0584. The van der Waals surface area contributed by atoms with Gasteiger partial charge < -0.3 is 19.9 Å². The molecule has 1 N–H and O–H groups in total. The Labute approximate surface area is 125 Å². The van der Waals surface area contributed by atoms with Gasteiger partial charge in [-0.2, -0.15) is 0 Å². The van der Waals surface area contributed by atoms with Crippen LogP contribution >= 0.6 is 0 Å². The highest BCUT2D eigenvalue weighted by molar-refractivity contribution is 5.89. The summed E-state index contributed by atoms with van der Waals surface area (Å²) in [6.45, 7) is 4.93. The Hall–Kier alpha value is -1.14. The molecule has 3 rings (SSSR count). The molecule has 0 aromatic rings. The smallest absolute Gasteiger partial charge is 0.245 e. The van der Waals surface area contributed by atoms with Crippen molar-refractivity contribution in [2.24, 2.45) is 5.92 Å². The van der Waals surface area contributed by atoms with Gasteiger partial charge in [0.2, 0.25) is 11.8 Å². The van der Waals surface area contributed by atoms with E-state index in [0.29, 0.717) is 26.3 Å². The van der Waals surface area contributed by atoms with E-state index in [-0.39, 0.29) is 23.8 Å². The fourth-order valence-corrected chi connectivity index (χ4v) is 3.55. The zero-order valence-corrected chi connectivity index (χ0v) is 12.6. The summed E-state index contributed by atoms with van der Waals surface area (Å²) in [5, 5.41) is 3.24. The Bertz CT molecular complexity index is 390. The molecule has 21 heavy (non-hydrogen) atoms. The van der Waals surface area contributed by atoms with Crippen molar-refractivity contribution in [3.05, 3.63) is 0 Å². The molecule has 2 unspecified atom stereocenters. The molecule has 0 radical (unpaired) electrons. The van der Waals surface area contributed by atoms with E-state index in [1.54, 1.807) is 0 Å². The maximum atomic E-state index is 12.7. The molecule has 0 aromatic carbocycles. The molecule has 0 spiro atoms. The Morgan fingerprint density at radius 2 is 1.81 bits per heavy atom. The van der Waals surface area contributed by atoms with E-state index in [0.717, 1.165) is 45.3 Å². The first kappa shape index (κ1) is 14.8. The first-order valence-corrected chi connectivity index (χ1v) is 8.15. The molecule has 0 saturated carbocycles. The maximum Gasteiger partial charge on any atom is 0.245 e. The van der Waals surface area contributed by atoms with E-state index in [9.17, 15) is 9.59 Å². The number of amides is 2. The van der Waals surface area contributed by atoms with Gasteiger partial charge in [-0.3, -0.25) is 9.59 Å². The molecule has 6 heteroatoms. The minimum atomic E-state index is -0.245. The van der Waals surface area contributed by atoms with Crippen LogP contribution in [0.4, 0.5) is 0 Å². The van der Waals surface area contributed by atoms with Crippen LogP contribution in [0, 0.1) is 5.92 Å². The molecule has 0 aromatic heterocycles. The molecular formula is C15H25N3O3. The highest BCUT2D eigenvalue weighted by Crippen LogP contribution is 2.23. The van der Waals surface area contributed by atoms with Crippen LogP contribution in [-0.2, 0) is 14.3 Å². The van der Waals surface area contributed by atoms with Crippen LogP contribution in [0.2, 0.25) is 0 Å². The molecule has 3 aliphatic rings. The van der Waals surface area contributed by atoms with E-state index >= 15 is 0 Å². The van der Waals surface area contributed by atoms with Gasteiger partial charge in [0.25, 0.3) is 0 Å². The summed E-state index contributed by atoms with van der Waals surface area (Å²) in [7, 11) is 0. The maximum absolute atomic E-state index is 12.7. The molecule has 6 nitrogen and oxygen atoms in total. The van der Waals surface area contributed by atoms with Gasteiger partial charge in [-0.15, -0.1) is 0 Å². The van der Waals surface area contributed by atoms with E-state index in [1.165, 1.54) is 0 Å². The fraction of sp³-hybridized carbons (Fsp3) is 0.867. The molecule has 3 heterocycles. The average molecular weight is 295 g/mol. The molecule has 2 amide bonds. The monoisotopic (exact) mass is 295 g/mol. The lowest BCUT2D eigenvalue weighted by Crippen LogP contribution is -2.56. The van der Waals surface area contributed by atoms with Crippen molar-refractivity contribution in [2.45, 2.75) is 31.7 Å². The first-order valence-electron chi connectivity index (χ1n) is 8.15. The van der Waals surface area contributed by atoms with Crippen molar-refractivity contribution in [3.8, 4) is 0 Å². The lowest BCUT2D eigenvalue weighted by Gasteiger charge is -2.39. The number of hydrogen-bond acceptors (Lipinski definition) is 4. The number of likely N-dealkylation sites (tertiary alicyclic amines) is 1. The molecule has 2 atom stereocenters. The third-order valence-corrected chi connectivity index (χ3v) is 4.80. The van der Waals surface area contributed by atoms with Crippen LogP contribution in [-0.4, -0.2) is 73.6 Å². The average Bonchev–Trinajstić information content (AvgIpc) is 3.09. The number of carbonyl (C=O) groups excluding carboxylic acids is 2. The standard InChI is InChI=1S/C15H25N3O3/c19-14(12-4-5-16-11-12)18-6-2-1-3-13(18)15(20)17-7-9-21-10-8-17/h12-13,16H,1-11H2. The van der Waals surface area contributed by atoms with E-state index < -0.39 is 0 Å². The van der Waals surface area contributed by atoms with Crippen LogP contribution in [0.3, 0.4) is 0 Å². The van der Waals surface area contributed by atoms with Gasteiger partial charge in [-0.05, 0) is 32.2 Å². The number of nitrogens with one attached hydrogen (secondary N) is 1. The van der Waals surface area contributed by atoms with Gasteiger partial charge in [0.1, 0.15) is 6.04 Å². The first-order chi connectivity index (χ1) is 10.3. The predicted molar refractivity (Wildman–Crippen MR) is 77.7 cm³/mol. The predicted octanol–water partition coefficient (Wildman–Crippen LogP) is -0.164. The van der Waals surface area contributed by atoms with Crippen LogP contribution in [0.25, 0.3) is 0 Å². The fourth-order valence-electron chi connectivity index (χ4n) is 3.55. The normalized spacial score (nSPS) is 30.5. The molecule has 0 bridgehead atoms. The number of carbonyl (C=O) groups is 2. The Balaban J connectivity index is 1.68. The summed E-state index contributed by atoms with van der Waals surface area (Å²) < 4.78 is 5.31. The molecule has 3 aliphatic heterocycles. The van der Waals surface area contributed by atoms with Crippen LogP contribution < -0.4 is 5.32 Å². The number of rotatable bonds is 2. The molecule has 118 valence electrons. The quantitative estimate of drug-likeness (QED) is 0.769. The SMILES string of the molecule is O=C(C1CCCCN1C(=O)C1CCNC1)N1CCOCC1. The second-order valence-electron chi connectivity index (χ2n) is 6.17. The van der Waals surface area contributed by atoms with Crippen molar-refractivity contribution < 1.29 is 14.3 Å². The van der Waals surface area contributed by atoms with Gasteiger partial charge >= 0.3 is 0 Å². The Morgan fingerprint density at radius 1 is 1.00 bits per heavy atom. The molecular weight excluding hydrogens is 270 g/mol. The zero-order chi connectivity index (χ0) is 14.7. The van der Waals surface area contributed by atoms with Crippen LogP contribution in [0.1, 0.15) is 25.7 Å². The topological polar surface area (TPSA) is 61.9 Å². The lowest BCUT2D eigenvalue weighted by atomic mass is 9.97. The number of hydrogen-bond donors (Lipinski definition) is 1. The summed E-state index contributed by atoms with van der Waals surface area (Å²) in [5.74, 6) is 0.353. The number of ether oxygens (including phenoxy) is 1. The van der Waals surface area contributed by atoms with Gasteiger partial charge in [-0.25, -0.2) is 0 Å². The highest BCUT2D eigenvalue weighted by Gasteiger charge is 2.38. The lowest BCUT2D eigenvalue weighted by molar-refractivity contribution is -0.151. The Kier molecular flexibility index (Phi) is 4.75. The summed E-state index contributed by atoms with van der Waals surface area (Å²) in [6.07, 6.45) is 3.75. The molecule has 3 saturated heterocycles.